The van der Waals surface area contributed by atoms with Crippen LogP contribution in [-0.4, -0.2) is 34.3 Å². The van der Waals surface area contributed by atoms with Gasteiger partial charge < -0.3 is 14.8 Å². The van der Waals surface area contributed by atoms with Crippen LogP contribution in [0.4, 0.5) is 10.1 Å². The summed E-state index contributed by atoms with van der Waals surface area (Å²) in [6, 6.07) is 9.90. The molecule has 3 atom stereocenters. The number of hydrogen-bond acceptors (Lipinski definition) is 7. The van der Waals surface area contributed by atoms with Crippen molar-refractivity contribution in [1.82, 2.24) is 4.98 Å². The molecule has 0 radical (unpaired) electrons. The van der Waals surface area contributed by atoms with Crippen molar-refractivity contribution >= 4 is 40.6 Å². The van der Waals surface area contributed by atoms with Gasteiger partial charge in [0, 0.05) is 10.8 Å². The van der Waals surface area contributed by atoms with Crippen molar-refractivity contribution in [3.8, 4) is 11.5 Å². The van der Waals surface area contributed by atoms with Crippen LogP contribution in [0.15, 0.2) is 52.3 Å². The maximum Gasteiger partial charge on any atom is 0.305 e. The lowest BCUT2D eigenvalue weighted by molar-refractivity contribution is -0.122. The Labute approximate surface area is 183 Å². The van der Waals surface area contributed by atoms with Crippen LogP contribution in [0, 0.1) is 11.7 Å². The lowest BCUT2D eigenvalue weighted by atomic mass is 9.83. The van der Waals surface area contributed by atoms with Crippen LogP contribution in [0.5, 0.6) is 11.5 Å². The highest BCUT2D eigenvalue weighted by atomic mass is 32.2. The average molecular weight is 458 g/mol. The topological polar surface area (TPSA) is 99.7 Å². The monoisotopic (exact) mass is 458 g/mol. The highest BCUT2D eigenvalue weighted by Gasteiger charge is 2.56. The number of aromatic hydroxyl groups is 1. The highest BCUT2D eigenvalue weighted by molar-refractivity contribution is 8.00. The minimum absolute atomic E-state index is 0.0581. The number of imide groups is 1. The molecule has 0 saturated carbocycles. The first kappa shape index (κ1) is 19.8. The van der Waals surface area contributed by atoms with Crippen molar-refractivity contribution in [3.05, 3.63) is 68.4 Å². The van der Waals surface area contributed by atoms with Gasteiger partial charge in [0.25, 0.3) is 0 Å². The number of carbonyl (C=O) groups excluding carboxylic acids is 2. The minimum atomic E-state index is -0.768. The molecule has 1 aromatic heterocycles. The zero-order valence-electron chi connectivity index (χ0n) is 16.0. The molecule has 0 bridgehead atoms. The minimum Gasteiger partial charge on any atom is -0.504 e. The van der Waals surface area contributed by atoms with E-state index < -0.39 is 34.7 Å². The number of benzene rings is 2. The average Bonchev–Trinajstić information content (AvgIpc) is 3.24. The number of thioether (sulfide) groups is 1. The van der Waals surface area contributed by atoms with Gasteiger partial charge in [0.1, 0.15) is 11.1 Å². The van der Waals surface area contributed by atoms with Crippen LogP contribution in [0.25, 0.3) is 0 Å². The SMILES string of the molecule is COc1cc([C@@H]2c3sc(=O)[nH]c3S[C@H]3C(=O)N(c4ccc(F)cc4)C(=O)[C@@H]23)ccc1O. The summed E-state index contributed by atoms with van der Waals surface area (Å²) in [7, 11) is 1.42. The number of anilines is 1. The smallest absolute Gasteiger partial charge is 0.305 e. The Morgan fingerprint density at radius 3 is 2.55 bits per heavy atom. The Balaban J connectivity index is 1.66. The van der Waals surface area contributed by atoms with Crippen LogP contribution in [-0.2, 0) is 9.59 Å². The number of ether oxygens (including phenoxy) is 1. The third-order valence-electron chi connectivity index (χ3n) is 5.47. The Morgan fingerprint density at radius 1 is 1.10 bits per heavy atom. The Kier molecular flexibility index (Phi) is 4.63. The van der Waals surface area contributed by atoms with E-state index in [1.54, 1.807) is 12.1 Å². The van der Waals surface area contributed by atoms with Gasteiger partial charge in [-0.05, 0) is 42.0 Å². The van der Waals surface area contributed by atoms with E-state index in [9.17, 15) is 23.9 Å². The molecule has 2 amide bonds. The summed E-state index contributed by atoms with van der Waals surface area (Å²) >= 11 is 2.16. The predicted molar refractivity (Wildman–Crippen MR) is 113 cm³/mol. The molecule has 10 heteroatoms. The number of nitrogens with one attached hydrogen (secondary N) is 1. The van der Waals surface area contributed by atoms with E-state index in [1.165, 1.54) is 37.4 Å². The predicted octanol–water partition coefficient (Wildman–Crippen LogP) is 3.09. The maximum atomic E-state index is 13.5. The highest BCUT2D eigenvalue weighted by Crippen LogP contribution is 2.53. The van der Waals surface area contributed by atoms with E-state index in [1.807, 2.05) is 0 Å². The van der Waals surface area contributed by atoms with Gasteiger partial charge in [-0.1, -0.05) is 29.2 Å². The molecule has 0 spiro atoms. The normalized spacial score (nSPS) is 22.4. The van der Waals surface area contributed by atoms with Crippen molar-refractivity contribution in [2.45, 2.75) is 16.2 Å². The number of aromatic nitrogens is 1. The number of halogens is 1. The van der Waals surface area contributed by atoms with Gasteiger partial charge in [0.15, 0.2) is 11.5 Å². The van der Waals surface area contributed by atoms with Gasteiger partial charge in [-0.3, -0.25) is 14.4 Å². The summed E-state index contributed by atoms with van der Waals surface area (Å²) in [5, 5.41) is 9.79. The Bertz CT molecular complexity index is 1270. The molecule has 7 nitrogen and oxygen atoms in total. The summed E-state index contributed by atoms with van der Waals surface area (Å²) in [5.41, 5.74) is 0.939. The fourth-order valence-corrected chi connectivity index (χ4v) is 6.62. The molecule has 1 fully saturated rings. The first-order valence-electron chi connectivity index (χ1n) is 9.29. The van der Waals surface area contributed by atoms with Crippen LogP contribution in [0.1, 0.15) is 16.4 Å². The number of rotatable bonds is 3. The van der Waals surface area contributed by atoms with Gasteiger partial charge in [-0.15, -0.1) is 0 Å². The molecule has 3 aromatic rings. The number of carbonyl (C=O) groups is 2. The molecule has 5 rings (SSSR count). The molecule has 2 aliphatic heterocycles. The number of H-pyrrole nitrogens is 1. The zero-order chi connectivity index (χ0) is 21.9. The standard InChI is InChI=1S/C21H15FN2O5S2/c1-29-13-8-9(2-7-12(13)25)14-15-17(30-18-16(14)31-21(28)23-18)20(27)24(19(15)26)11-5-3-10(22)4-6-11/h2-8,14-15,17,25H,1H3,(H,23,28)/t14-,15-,17+/m0/s1. The summed E-state index contributed by atoms with van der Waals surface area (Å²) in [5.74, 6) is -2.49. The van der Waals surface area contributed by atoms with E-state index in [-0.39, 0.29) is 16.4 Å². The summed E-state index contributed by atoms with van der Waals surface area (Å²) in [6.45, 7) is 0. The Morgan fingerprint density at radius 2 is 1.84 bits per heavy atom. The van der Waals surface area contributed by atoms with Crippen LogP contribution < -0.4 is 14.5 Å². The second kappa shape index (κ2) is 7.24. The van der Waals surface area contributed by atoms with Gasteiger partial charge in [-0.2, -0.15) is 0 Å². The van der Waals surface area contributed by atoms with Gasteiger partial charge in [-0.25, -0.2) is 9.29 Å². The number of fused-ring (bicyclic) bond motifs is 2. The van der Waals surface area contributed by atoms with Gasteiger partial charge in [0.05, 0.1) is 23.7 Å². The summed E-state index contributed by atoms with van der Waals surface area (Å²) < 4.78 is 18.6. The molecular formula is C21H15FN2O5S2. The largest absolute Gasteiger partial charge is 0.504 e. The lowest BCUT2D eigenvalue weighted by Crippen LogP contribution is -2.32. The van der Waals surface area contributed by atoms with Gasteiger partial charge in [0.2, 0.25) is 11.8 Å². The maximum absolute atomic E-state index is 13.5. The molecule has 31 heavy (non-hydrogen) atoms. The third-order valence-corrected chi connectivity index (χ3v) is 7.87. The van der Waals surface area contributed by atoms with E-state index in [0.717, 1.165) is 28.0 Å². The quantitative estimate of drug-likeness (QED) is 0.585. The number of phenolic OH excluding ortho intramolecular Hbond substituents is 1. The van der Waals surface area contributed by atoms with Crippen molar-refractivity contribution in [2.75, 3.05) is 12.0 Å². The van der Waals surface area contributed by atoms with E-state index in [4.69, 9.17) is 4.74 Å². The number of hydrogen-bond donors (Lipinski definition) is 2. The molecule has 2 aliphatic rings. The number of aromatic amines is 1. The van der Waals surface area contributed by atoms with E-state index >= 15 is 0 Å². The van der Waals surface area contributed by atoms with Crippen LogP contribution >= 0.6 is 23.1 Å². The second-order valence-corrected chi connectivity index (χ2v) is 9.34. The first-order chi connectivity index (χ1) is 14.9. The van der Waals surface area contributed by atoms with Gasteiger partial charge >= 0.3 is 4.87 Å². The number of nitrogens with zero attached hydrogens (tertiary/aromatic N) is 1. The lowest BCUT2D eigenvalue weighted by Gasteiger charge is -2.30. The molecule has 0 aliphatic carbocycles. The summed E-state index contributed by atoms with van der Waals surface area (Å²) in [6.07, 6.45) is 0. The fraction of sp³-hybridized carbons (Fsp3) is 0.190. The van der Waals surface area contributed by atoms with Crippen molar-refractivity contribution in [2.24, 2.45) is 5.92 Å². The second-order valence-electron chi connectivity index (χ2n) is 7.17. The molecule has 1 saturated heterocycles. The van der Waals surface area contributed by atoms with Crippen molar-refractivity contribution in [3.63, 3.8) is 0 Å². The molecule has 3 heterocycles. The van der Waals surface area contributed by atoms with Crippen molar-refractivity contribution < 1.29 is 23.8 Å². The van der Waals surface area contributed by atoms with Crippen molar-refractivity contribution in [1.29, 1.82) is 0 Å². The summed E-state index contributed by atoms with van der Waals surface area (Å²) in [4.78, 5) is 43.0. The number of thiazole rings is 1. The zero-order valence-corrected chi connectivity index (χ0v) is 17.6. The molecule has 0 unspecified atom stereocenters. The Hall–Kier alpha value is -3.11. The number of methoxy groups -OCH3 is 1. The third kappa shape index (κ3) is 3.05. The van der Waals surface area contributed by atoms with E-state index in [2.05, 4.69) is 4.98 Å². The van der Waals surface area contributed by atoms with Crippen LogP contribution in [0.2, 0.25) is 0 Å². The van der Waals surface area contributed by atoms with Crippen LogP contribution in [0.3, 0.4) is 0 Å². The molecule has 158 valence electrons. The molecule has 2 aromatic carbocycles. The fourth-order valence-electron chi connectivity index (χ4n) is 4.11. The molecule has 2 N–H and O–H groups in total. The number of amides is 2. The van der Waals surface area contributed by atoms with E-state index in [0.29, 0.717) is 21.2 Å². The molecular weight excluding hydrogens is 443 g/mol. The number of phenols is 1. The first-order valence-corrected chi connectivity index (χ1v) is 11.0.